The zero-order valence-corrected chi connectivity index (χ0v) is 21.5. The average molecular weight is 506 g/mol. The SMILES string of the molecule is CC.Cc1ccccc1NC(=O)c1ccc(Nc2nc(-c3cnc4ccc(C5CC5)cn34)cs2)s1.[HH].[HH]. The number of nitrogens with zero attached hydrogens (tertiary/aromatic N) is 3. The van der Waals surface area contributed by atoms with Gasteiger partial charge >= 0.3 is 0 Å². The van der Waals surface area contributed by atoms with Crippen molar-refractivity contribution in [3.8, 4) is 11.4 Å². The first-order chi connectivity index (χ1) is 17.1. The maximum atomic E-state index is 12.6. The Morgan fingerprint density at radius 1 is 1.11 bits per heavy atom. The van der Waals surface area contributed by atoms with Crippen LogP contribution < -0.4 is 10.6 Å². The lowest BCUT2D eigenvalue weighted by atomic mass is 10.2. The summed E-state index contributed by atoms with van der Waals surface area (Å²) in [6, 6.07) is 15.8. The molecule has 2 N–H and O–H groups in total. The zero-order valence-electron chi connectivity index (χ0n) is 19.9. The van der Waals surface area contributed by atoms with Crippen molar-refractivity contribution in [3.63, 3.8) is 0 Å². The lowest BCUT2D eigenvalue weighted by Gasteiger charge is -2.06. The molecule has 0 aliphatic heterocycles. The van der Waals surface area contributed by atoms with Crippen molar-refractivity contribution < 1.29 is 7.65 Å². The number of thiazole rings is 1. The fourth-order valence-electron chi connectivity index (χ4n) is 3.82. The molecule has 5 aromatic rings. The topological polar surface area (TPSA) is 71.3 Å². The minimum Gasteiger partial charge on any atom is -0.323 e. The predicted octanol–water partition coefficient (Wildman–Crippen LogP) is 8.22. The van der Waals surface area contributed by atoms with E-state index in [2.05, 4.69) is 38.3 Å². The number of para-hydroxylation sites is 1. The van der Waals surface area contributed by atoms with Gasteiger partial charge in [0.05, 0.1) is 21.8 Å². The molecule has 6 rings (SSSR count). The largest absolute Gasteiger partial charge is 0.323 e. The van der Waals surface area contributed by atoms with Gasteiger partial charge in [-0.15, -0.1) is 22.7 Å². The van der Waals surface area contributed by atoms with Gasteiger partial charge in [0.15, 0.2) is 5.13 Å². The van der Waals surface area contributed by atoms with E-state index in [1.807, 2.05) is 68.7 Å². The zero-order chi connectivity index (χ0) is 24.4. The highest BCUT2D eigenvalue weighted by Crippen LogP contribution is 2.40. The number of pyridine rings is 1. The molecule has 0 bridgehead atoms. The van der Waals surface area contributed by atoms with Crippen LogP contribution in [-0.2, 0) is 0 Å². The van der Waals surface area contributed by atoms with Crippen LogP contribution >= 0.6 is 22.7 Å². The number of nitrogens with one attached hydrogen (secondary N) is 2. The van der Waals surface area contributed by atoms with Crippen LogP contribution in [0.15, 0.2) is 66.3 Å². The van der Waals surface area contributed by atoms with E-state index in [0.29, 0.717) is 10.8 Å². The van der Waals surface area contributed by atoms with Gasteiger partial charge in [-0.25, -0.2) is 9.97 Å². The molecular formula is C27H31N5OS2. The third kappa shape index (κ3) is 4.99. The molecule has 0 unspecified atom stereocenters. The molecule has 0 saturated heterocycles. The van der Waals surface area contributed by atoms with Crippen LogP contribution in [0.1, 0.15) is 56.3 Å². The summed E-state index contributed by atoms with van der Waals surface area (Å²) < 4.78 is 2.13. The summed E-state index contributed by atoms with van der Waals surface area (Å²) in [6.45, 7) is 5.98. The first-order valence-corrected chi connectivity index (χ1v) is 13.5. The van der Waals surface area contributed by atoms with Crippen molar-refractivity contribution in [2.75, 3.05) is 10.6 Å². The minimum atomic E-state index is -0.112. The Morgan fingerprint density at radius 2 is 1.94 bits per heavy atom. The van der Waals surface area contributed by atoms with Crippen LogP contribution in [-0.4, -0.2) is 20.3 Å². The highest BCUT2D eigenvalue weighted by Gasteiger charge is 2.24. The molecule has 1 aliphatic carbocycles. The molecule has 1 aromatic carbocycles. The third-order valence-corrected chi connectivity index (χ3v) is 7.55. The van der Waals surface area contributed by atoms with Gasteiger partial charge in [-0.3, -0.25) is 9.20 Å². The average Bonchev–Trinajstić information content (AvgIpc) is 3.25. The van der Waals surface area contributed by atoms with E-state index in [0.717, 1.165) is 38.4 Å². The normalized spacial score (nSPS) is 12.8. The fourth-order valence-corrected chi connectivity index (χ4v) is 5.40. The maximum Gasteiger partial charge on any atom is 0.265 e. The molecule has 0 atom stereocenters. The lowest BCUT2D eigenvalue weighted by molar-refractivity contribution is 0.103. The molecule has 35 heavy (non-hydrogen) atoms. The Hall–Kier alpha value is -3.49. The number of carbonyl (C=O) groups is 1. The Kier molecular flexibility index (Phi) is 6.66. The number of benzene rings is 1. The van der Waals surface area contributed by atoms with E-state index in [-0.39, 0.29) is 8.76 Å². The van der Waals surface area contributed by atoms with Crippen molar-refractivity contribution in [1.29, 1.82) is 0 Å². The molecule has 8 heteroatoms. The van der Waals surface area contributed by atoms with Crippen LogP contribution in [0.25, 0.3) is 17.0 Å². The molecule has 6 nitrogen and oxygen atoms in total. The van der Waals surface area contributed by atoms with Gasteiger partial charge in [-0.1, -0.05) is 38.1 Å². The Bertz CT molecular complexity index is 1490. The van der Waals surface area contributed by atoms with Crippen molar-refractivity contribution >= 4 is 50.0 Å². The van der Waals surface area contributed by atoms with Crippen LogP contribution in [0.5, 0.6) is 0 Å². The Labute approximate surface area is 215 Å². The van der Waals surface area contributed by atoms with Crippen molar-refractivity contribution in [1.82, 2.24) is 14.4 Å². The standard InChI is InChI=1S/C25H21N5OS2.C2H6.2H2/c1-15-4-2-3-5-18(15)27-24(31)21-9-11-23(33-21)29-25-28-19(14-32-25)20-12-26-22-10-8-17(13-30(20)22)16-6-7-16;1-2;;/h2-5,8-14,16H,6-7H2,1H3,(H,27,31)(H,28,29);1-2H3;2*1H. The summed E-state index contributed by atoms with van der Waals surface area (Å²) in [5.74, 6) is 0.577. The molecule has 0 radical (unpaired) electrons. The van der Waals surface area contributed by atoms with E-state index in [1.165, 1.54) is 41.1 Å². The van der Waals surface area contributed by atoms with Crippen LogP contribution in [0.2, 0.25) is 0 Å². The Balaban J connectivity index is 0.000000929. The number of aryl methyl sites for hydroxylation is 1. The molecule has 182 valence electrons. The highest BCUT2D eigenvalue weighted by atomic mass is 32.1. The molecule has 4 heterocycles. The van der Waals surface area contributed by atoms with Gasteiger partial charge in [0.25, 0.3) is 5.91 Å². The smallest absolute Gasteiger partial charge is 0.265 e. The summed E-state index contributed by atoms with van der Waals surface area (Å²) in [7, 11) is 0. The van der Waals surface area contributed by atoms with Crippen molar-refractivity contribution in [3.05, 3.63) is 82.3 Å². The second-order valence-corrected chi connectivity index (χ2v) is 10.1. The second kappa shape index (κ2) is 10.0. The number of amides is 1. The van der Waals surface area contributed by atoms with Crippen molar-refractivity contribution in [2.24, 2.45) is 0 Å². The van der Waals surface area contributed by atoms with E-state index < -0.39 is 0 Å². The third-order valence-electron chi connectivity index (χ3n) is 5.80. The summed E-state index contributed by atoms with van der Waals surface area (Å²) in [4.78, 5) is 22.6. The molecule has 1 fully saturated rings. The van der Waals surface area contributed by atoms with E-state index in [9.17, 15) is 4.79 Å². The number of carbonyl (C=O) groups excluding carboxylic acids is 1. The number of imidazole rings is 1. The Morgan fingerprint density at radius 3 is 2.74 bits per heavy atom. The number of thiophene rings is 1. The van der Waals surface area contributed by atoms with Gasteiger partial charge in [0, 0.05) is 20.1 Å². The molecule has 1 amide bonds. The van der Waals surface area contributed by atoms with Crippen molar-refractivity contribution in [2.45, 2.75) is 39.5 Å². The molecule has 1 saturated carbocycles. The predicted molar refractivity (Wildman–Crippen MR) is 151 cm³/mol. The number of hydrogen-bond donors (Lipinski definition) is 2. The van der Waals surface area contributed by atoms with Crippen LogP contribution in [0, 0.1) is 6.92 Å². The van der Waals surface area contributed by atoms with E-state index in [1.54, 1.807) is 0 Å². The quantitative estimate of drug-likeness (QED) is 0.244. The second-order valence-electron chi connectivity index (χ2n) is 8.20. The summed E-state index contributed by atoms with van der Waals surface area (Å²) >= 11 is 2.95. The van der Waals surface area contributed by atoms with Gasteiger partial charge in [-0.05, 0) is 61.1 Å². The lowest BCUT2D eigenvalue weighted by Crippen LogP contribution is -2.10. The number of anilines is 3. The maximum absolute atomic E-state index is 12.6. The molecular weight excluding hydrogens is 474 g/mol. The highest BCUT2D eigenvalue weighted by molar-refractivity contribution is 7.19. The summed E-state index contributed by atoms with van der Waals surface area (Å²) in [5, 5.41) is 10.0. The van der Waals surface area contributed by atoms with Gasteiger partial charge in [0.1, 0.15) is 11.3 Å². The van der Waals surface area contributed by atoms with Crippen LogP contribution in [0.4, 0.5) is 15.8 Å². The van der Waals surface area contributed by atoms with E-state index in [4.69, 9.17) is 4.98 Å². The molecule has 0 spiro atoms. The van der Waals surface area contributed by atoms with Gasteiger partial charge < -0.3 is 10.6 Å². The fraction of sp³-hybridized carbons (Fsp3) is 0.222. The van der Waals surface area contributed by atoms with E-state index >= 15 is 0 Å². The number of hydrogen-bond acceptors (Lipinski definition) is 6. The summed E-state index contributed by atoms with van der Waals surface area (Å²) in [6.07, 6.45) is 6.61. The minimum absolute atomic E-state index is 0. The monoisotopic (exact) mass is 505 g/mol. The summed E-state index contributed by atoms with van der Waals surface area (Å²) in [5.41, 5.74) is 6.03. The van der Waals surface area contributed by atoms with Gasteiger partial charge in [0.2, 0.25) is 0 Å². The number of aromatic nitrogens is 3. The first kappa shape index (κ1) is 23.3. The van der Waals surface area contributed by atoms with Gasteiger partial charge in [-0.2, -0.15) is 0 Å². The molecule has 1 aliphatic rings. The number of rotatable bonds is 6. The molecule has 4 aromatic heterocycles. The first-order valence-electron chi connectivity index (χ1n) is 11.8. The van der Waals surface area contributed by atoms with Crippen LogP contribution in [0.3, 0.4) is 0 Å². The number of fused-ring (bicyclic) bond motifs is 1.